The highest BCUT2D eigenvalue weighted by Crippen LogP contribution is 2.34. The highest BCUT2D eigenvalue weighted by atomic mass is 32.2. The molecule has 3 aromatic carbocycles. The van der Waals surface area contributed by atoms with Crippen molar-refractivity contribution >= 4 is 33.4 Å². The van der Waals surface area contributed by atoms with Crippen molar-refractivity contribution in [3.8, 4) is 5.75 Å². The van der Waals surface area contributed by atoms with Gasteiger partial charge in [-0.15, -0.1) is 0 Å². The fourth-order valence-electron chi connectivity index (χ4n) is 3.89. The van der Waals surface area contributed by atoms with Crippen LogP contribution in [-0.2, 0) is 14.8 Å². The summed E-state index contributed by atoms with van der Waals surface area (Å²) >= 11 is 1.60. The molecule has 1 amide bonds. The predicted molar refractivity (Wildman–Crippen MR) is 135 cm³/mol. The van der Waals surface area contributed by atoms with E-state index in [-0.39, 0.29) is 16.7 Å². The van der Waals surface area contributed by atoms with Crippen LogP contribution in [0.5, 0.6) is 5.75 Å². The van der Waals surface area contributed by atoms with Gasteiger partial charge in [-0.05, 0) is 68.3 Å². The number of benzene rings is 3. The average Bonchev–Trinajstić information content (AvgIpc) is 2.86. The highest BCUT2D eigenvalue weighted by Gasteiger charge is 2.32. The number of amides is 1. The van der Waals surface area contributed by atoms with Gasteiger partial charge in [0, 0.05) is 28.8 Å². The first-order valence-corrected chi connectivity index (χ1v) is 13.6. The number of hydrogen-bond donors (Lipinski definition) is 1. The molecule has 1 fully saturated rings. The van der Waals surface area contributed by atoms with E-state index in [4.69, 9.17) is 4.74 Å². The number of rotatable bonds is 8. The second kappa shape index (κ2) is 11.1. The Morgan fingerprint density at radius 1 is 0.971 bits per heavy atom. The lowest BCUT2D eigenvalue weighted by molar-refractivity contribution is -0.120. The second-order valence-electron chi connectivity index (χ2n) is 7.98. The van der Waals surface area contributed by atoms with Gasteiger partial charge in [0.05, 0.1) is 17.2 Å². The van der Waals surface area contributed by atoms with E-state index < -0.39 is 10.0 Å². The minimum atomic E-state index is -3.60. The monoisotopic (exact) mass is 496 g/mol. The molecular formula is C26H28N2O4S2. The number of piperidine rings is 1. The number of carbonyl (C=O) groups excluding carboxylic acids is 1. The van der Waals surface area contributed by atoms with Crippen LogP contribution in [0.1, 0.15) is 19.8 Å². The molecule has 178 valence electrons. The van der Waals surface area contributed by atoms with Gasteiger partial charge in [0.15, 0.2) is 0 Å². The molecule has 0 atom stereocenters. The van der Waals surface area contributed by atoms with E-state index in [1.165, 1.54) is 4.31 Å². The Morgan fingerprint density at radius 3 is 2.29 bits per heavy atom. The molecule has 34 heavy (non-hydrogen) atoms. The summed E-state index contributed by atoms with van der Waals surface area (Å²) in [5.41, 5.74) is 0.769. The first-order valence-electron chi connectivity index (χ1n) is 11.3. The van der Waals surface area contributed by atoms with Crippen molar-refractivity contribution in [2.45, 2.75) is 34.5 Å². The number of nitrogens with one attached hydrogen (secondary N) is 1. The van der Waals surface area contributed by atoms with Gasteiger partial charge in [0.2, 0.25) is 15.9 Å². The molecule has 0 saturated carbocycles. The first-order chi connectivity index (χ1) is 16.5. The van der Waals surface area contributed by atoms with E-state index in [9.17, 15) is 13.2 Å². The largest absolute Gasteiger partial charge is 0.494 e. The van der Waals surface area contributed by atoms with E-state index in [1.54, 1.807) is 36.0 Å². The van der Waals surface area contributed by atoms with Crippen LogP contribution in [0.15, 0.2) is 93.5 Å². The molecule has 1 aliphatic heterocycles. The number of carbonyl (C=O) groups is 1. The molecule has 1 saturated heterocycles. The Balaban J connectivity index is 1.37. The molecule has 8 heteroatoms. The zero-order valence-electron chi connectivity index (χ0n) is 19.0. The Bertz CT molecular complexity index is 1210. The fourth-order valence-corrected chi connectivity index (χ4v) is 6.28. The lowest BCUT2D eigenvalue weighted by Gasteiger charge is -2.30. The molecule has 1 aliphatic rings. The Labute approximate surface area is 205 Å². The van der Waals surface area contributed by atoms with E-state index in [0.717, 1.165) is 15.5 Å². The highest BCUT2D eigenvalue weighted by molar-refractivity contribution is 7.99. The van der Waals surface area contributed by atoms with Crippen molar-refractivity contribution in [2.24, 2.45) is 5.92 Å². The molecular weight excluding hydrogens is 468 g/mol. The predicted octanol–water partition coefficient (Wildman–Crippen LogP) is 5.28. The van der Waals surface area contributed by atoms with Gasteiger partial charge >= 0.3 is 0 Å². The standard InChI is InChI=1S/C26H28N2O4S2/c1-2-32-21-12-14-23(15-13-21)34(30,31)28-18-16-20(17-19-28)26(29)27-24-10-6-7-11-25(24)33-22-8-4-3-5-9-22/h3-15,20H,2,16-19H2,1H3,(H,27,29). The van der Waals surface area contributed by atoms with Crippen LogP contribution >= 0.6 is 11.8 Å². The third-order valence-corrected chi connectivity index (χ3v) is 8.71. The summed E-state index contributed by atoms with van der Waals surface area (Å²) in [6, 6.07) is 24.2. The molecule has 0 aliphatic carbocycles. The SMILES string of the molecule is CCOc1ccc(S(=O)(=O)N2CCC(C(=O)Nc3ccccc3Sc3ccccc3)CC2)cc1. The summed E-state index contributed by atoms with van der Waals surface area (Å²) < 4.78 is 32.9. The van der Waals surface area contributed by atoms with Crippen LogP contribution in [0.25, 0.3) is 0 Å². The van der Waals surface area contributed by atoms with Crippen molar-refractivity contribution in [2.75, 3.05) is 25.0 Å². The van der Waals surface area contributed by atoms with Crippen molar-refractivity contribution in [3.63, 3.8) is 0 Å². The molecule has 0 unspecified atom stereocenters. The molecule has 1 heterocycles. The smallest absolute Gasteiger partial charge is 0.243 e. The maximum absolute atomic E-state index is 13.0. The van der Waals surface area contributed by atoms with Gasteiger partial charge < -0.3 is 10.1 Å². The zero-order valence-corrected chi connectivity index (χ0v) is 20.6. The van der Waals surface area contributed by atoms with Gasteiger partial charge in [-0.1, -0.05) is 42.1 Å². The Kier molecular flexibility index (Phi) is 7.92. The summed E-state index contributed by atoms with van der Waals surface area (Å²) in [6.07, 6.45) is 0.964. The van der Waals surface area contributed by atoms with E-state index in [2.05, 4.69) is 5.32 Å². The molecule has 0 radical (unpaired) electrons. The quantitative estimate of drug-likeness (QED) is 0.459. The fraction of sp³-hybridized carbons (Fsp3) is 0.269. The van der Waals surface area contributed by atoms with Crippen LogP contribution in [0.3, 0.4) is 0 Å². The second-order valence-corrected chi connectivity index (χ2v) is 11.0. The number of nitrogens with zero attached hydrogens (tertiary/aromatic N) is 1. The van der Waals surface area contributed by atoms with Crippen LogP contribution in [0.4, 0.5) is 5.69 Å². The third kappa shape index (κ3) is 5.81. The first kappa shape index (κ1) is 24.3. The molecule has 1 N–H and O–H groups in total. The molecule has 0 bridgehead atoms. The van der Waals surface area contributed by atoms with Crippen molar-refractivity contribution < 1.29 is 17.9 Å². The maximum Gasteiger partial charge on any atom is 0.243 e. The van der Waals surface area contributed by atoms with Crippen LogP contribution in [0, 0.1) is 5.92 Å². The number of sulfonamides is 1. The van der Waals surface area contributed by atoms with E-state index in [1.807, 2.05) is 61.5 Å². The third-order valence-electron chi connectivity index (χ3n) is 5.71. The maximum atomic E-state index is 13.0. The van der Waals surface area contributed by atoms with Crippen molar-refractivity contribution in [1.29, 1.82) is 0 Å². The van der Waals surface area contributed by atoms with E-state index in [0.29, 0.717) is 38.3 Å². The summed E-state index contributed by atoms with van der Waals surface area (Å²) in [5.74, 6) is 0.336. The summed E-state index contributed by atoms with van der Waals surface area (Å²) in [6.45, 7) is 3.03. The summed E-state index contributed by atoms with van der Waals surface area (Å²) in [5, 5.41) is 3.06. The van der Waals surface area contributed by atoms with Gasteiger partial charge in [0.25, 0.3) is 0 Å². The van der Waals surface area contributed by atoms with Gasteiger partial charge in [-0.25, -0.2) is 8.42 Å². The van der Waals surface area contributed by atoms with Gasteiger partial charge in [0.1, 0.15) is 5.75 Å². The van der Waals surface area contributed by atoms with Crippen LogP contribution in [-0.4, -0.2) is 38.3 Å². The van der Waals surface area contributed by atoms with Crippen LogP contribution < -0.4 is 10.1 Å². The molecule has 0 aromatic heterocycles. The molecule has 0 spiro atoms. The van der Waals surface area contributed by atoms with Gasteiger partial charge in [-0.2, -0.15) is 4.31 Å². The average molecular weight is 497 g/mol. The Morgan fingerprint density at radius 2 is 1.62 bits per heavy atom. The normalized spacial score (nSPS) is 15.1. The lowest BCUT2D eigenvalue weighted by atomic mass is 9.97. The number of para-hydroxylation sites is 1. The van der Waals surface area contributed by atoms with Crippen LogP contribution in [0.2, 0.25) is 0 Å². The van der Waals surface area contributed by atoms with E-state index >= 15 is 0 Å². The number of anilines is 1. The van der Waals surface area contributed by atoms with Crippen molar-refractivity contribution in [3.05, 3.63) is 78.9 Å². The zero-order chi connectivity index (χ0) is 24.0. The summed E-state index contributed by atoms with van der Waals surface area (Å²) in [4.78, 5) is 15.3. The summed E-state index contributed by atoms with van der Waals surface area (Å²) in [7, 11) is -3.60. The minimum absolute atomic E-state index is 0.0702. The van der Waals surface area contributed by atoms with Crippen molar-refractivity contribution in [1.82, 2.24) is 4.31 Å². The number of hydrogen-bond acceptors (Lipinski definition) is 5. The Hall–Kier alpha value is -2.81. The number of ether oxygens (including phenoxy) is 1. The minimum Gasteiger partial charge on any atom is -0.494 e. The lowest BCUT2D eigenvalue weighted by Crippen LogP contribution is -2.41. The van der Waals surface area contributed by atoms with Gasteiger partial charge in [-0.3, -0.25) is 4.79 Å². The topological polar surface area (TPSA) is 75.7 Å². The molecule has 4 rings (SSSR count). The molecule has 3 aromatic rings. The molecule has 6 nitrogen and oxygen atoms in total.